The van der Waals surface area contributed by atoms with Gasteiger partial charge in [0.15, 0.2) is 11.7 Å². The van der Waals surface area contributed by atoms with Gasteiger partial charge >= 0.3 is 0 Å². The summed E-state index contributed by atoms with van der Waals surface area (Å²) in [5.41, 5.74) is 0.215. The van der Waals surface area contributed by atoms with Crippen LogP contribution in [0.3, 0.4) is 0 Å². The Morgan fingerprint density at radius 3 is 2.58 bits per heavy atom. The number of hydrogen-bond donors (Lipinski definition) is 3. The standard InChI is InChI=1S/C16H15ClN4O5/c17-9-1-3-10(4-2-9)21-15(25)12-8(5-18-21)6-20(19-12)16-14(24)13(23)11(7-22)26-16/h1-6,11,13-14,16,22-24H,7H2/t11-,13-,14-,16-/m1/s1. The quantitative estimate of drug-likeness (QED) is 0.579. The molecule has 0 unspecified atom stereocenters. The zero-order valence-corrected chi connectivity index (χ0v) is 14.1. The molecule has 0 bridgehead atoms. The van der Waals surface area contributed by atoms with E-state index in [0.29, 0.717) is 16.1 Å². The van der Waals surface area contributed by atoms with Crippen molar-refractivity contribution in [3.63, 3.8) is 0 Å². The molecule has 2 aromatic heterocycles. The summed E-state index contributed by atoms with van der Waals surface area (Å²) in [6.07, 6.45) is -1.51. The minimum Gasteiger partial charge on any atom is -0.394 e. The third-order valence-corrected chi connectivity index (χ3v) is 4.57. The Morgan fingerprint density at radius 2 is 1.92 bits per heavy atom. The second-order valence-electron chi connectivity index (χ2n) is 5.98. The molecule has 3 heterocycles. The van der Waals surface area contributed by atoms with Gasteiger partial charge in [0, 0.05) is 16.6 Å². The summed E-state index contributed by atoms with van der Waals surface area (Å²) in [6.45, 7) is -0.444. The largest absolute Gasteiger partial charge is 0.394 e. The summed E-state index contributed by atoms with van der Waals surface area (Å²) in [6, 6.07) is 6.61. The number of nitrogens with zero attached hydrogens (tertiary/aromatic N) is 4. The summed E-state index contributed by atoms with van der Waals surface area (Å²) >= 11 is 5.86. The minimum absolute atomic E-state index is 0.132. The molecule has 1 aromatic carbocycles. The van der Waals surface area contributed by atoms with Crippen LogP contribution in [0.1, 0.15) is 6.23 Å². The lowest BCUT2D eigenvalue weighted by Crippen LogP contribution is -2.33. The molecule has 1 saturated heterocycles. The summed E-state index contributed by atoms with van der Waals surface area (Å²) in [5, 5.41) is 38.5. The molecular formula is C16H15ClN4O5. The van der Waals surface area contributed by atoms with Crippen LogP contribution in [0.15, 0.2) is 41.5 Å². The number of aromatic nitrogens is 4. The molecule has 1 fully saturated rings. The van der Waals surface area contributed by atoms with E-state index in [0.717, 1.165) is 0 Å². The number of aliphatic hydroxyl groups excluding tert-OH is 3. The number of ether oxygens (including phenoxy) is 1. The van der Waals surface area contributed by atoms with Crippen LogP contribution in [0.5, 0.6) is 0 Å². The van der Waals surface area contributed by atoms with Gasteiger partial charge in [-0.05, 0) is 24.3 Å². The topological polar surface area (TPSA) is 123 Å². The molecule has 1 aliphatic rings. The number of rotatable bonds is 3. The van der Waals surface area contributed by atoms with E-state index in [-0.39, 0.29) is 5.52 Å². The number of hydrogen-bond acceptors (Lipinski definition) is 7. The van der Waals surface area contributed by atoms with Gasteiger partial charge in [0.05, 0.1) is 18.5 Å². The molecule has 136 valence electrons. The smallest absolute Gasteiger partial charge is 0.299 e. The summed E-state index contributed by atoms with van der Waals surface area (Å²) < 4.78 is 7.87. The van der Waals surface area contributed by atoms with E-state index in [1.807, 2.05) is 0 Å². The highest BCUT2D eigenvalue weighted by Crippen LogP contribution is 2.29. The van der Waals surface area contributed by atoms with Gasteiger partial charge in [0.1, 0.15) is 18.3 Å². The van der Waals surface area contributed by atoms with Gasteiger partial charge in [0.25, 0.3) is 5.56 Å². The van der Waals surface area contributed by atoms with Crippen molar-refractivity contribution in [2.75, 3.05) is 6.61 Å². The highest BCUT2D eigenvalue weighted by molar-refractivity contribution is 6.30. The fraction of sp³-hybridized carbons (Fsp3) is 0.312. The molecule has 4 rings (SSSR count). The number of fused-ring (bicyclic) bond motifs is 1. The predicted octanol–water partition coefficient (Wildman–Crippen LogP) is -0.153. The van der Waals surface area contributed by atoms with Crippen LogP contribution in [-0.4, -0.2) is 59.8 Å². The summed E-state index contributed by atoms with van der Waals surface area (Å²) in [4.78, 5) is 12.7. The van der Waals surface area contributed by atoms with Crippen molar-refractivity contribution < 1.29 is 20.1 Å². The number of benzene rings is 1. The van der Waals surface area contributed by atoms with E-state index in [9.17, 15) is 20.1 Å². The molecule has 9 nitrogen and oxygen atoms in total. The molecule has 0 spiro atoms. The van der Waals surface area contributed by atoms with Gasteiger partial charge < -0.3 is 20.1 Å². The molecule has 4 atom stereocenters. The Hall–Kier alpha value is -2.30. The lowest BCUT2D eigenvalue weighted by Gasteiger charge is -2.14. The maximum Gasteiger partial charge on any atom is 0.299 e. The Kier molecular flexibility index (Phi) is 4.25. The highest BCUT2D eigenvalue weighted by atomic mass is 35.5. The second kappa shape index (κ2) is 6.45. The van der Waals surface area contributed by atoms with Crippen LogP contribution in [-0.2, 0) is 4.74 Å². The monoisotopic (exact) mass is 378 g/mol. The lowest BCUT2D eigenvalue weighted by atomic mass is 10.1. The predicted molar refractivity (Wildman–Crippen MR) is 91.1 cm³/mol. The van der Waals surface area contributed by atoms with Crippen LogP contribution >= 0.6 is 11.6 Å². The molecule has 3 aromatic rings. The van der Waals surface area contributed by atoms with Crippen molar-refractivity contribution in [1.29, 1.82) is 0 Å². The normalized spacial score (nSPS) is 25.8. The van der Waals surface area contributed by atoms with E-state index in [1.54, 1.807) is 24.3 Å². The first-order valence-electron chi connectivity index (χ1n) is 7.85. The van der Waals surface area contributed by atoms with Gasteiger partial charge in [-0.1, -0.05) is 11.6 Å². The van der Waals surface area contributed by atoms with Gasteiger partial charge in [0.2, 0.25) is 0 Å². The molecule has 1 aliphatic heterocycles. The zero-order valence-electron chi connectivity index (χ0n) is 13.3. The minimum atomic E-state index is -1.28. The molecule has 0 saturated carbocycles. The van der Waals surface area contributed by atoms with E-state index < -0.39 is 36.7 Å². The van der Waals surface area contributed by atoms with Crippen molar-refractivity contribution in [2.45, 2.75) is 24.5 Å². The average molecular weight is 379 g/mol. The fourth-order valence-corrected chi connectivity index (χ4v) is 3.06. The number of halogens is 1. The van der Waals surface area contributed by atoms with Gasteiger partial charge in [-0.15, -0.1) is 0 Å². The van der Waals surface area contributed by atoms with Crippen LogP contribution < -0.4 is 5.56 Å². The number of aliphatic hydroxyl groups is 3. The Balaban J connectivity index is 1.76. The first-order chi connectivity index (χ1) is 12.5. The second-order valence-corrected chi connectivity index (χ2v) is 6.42. The van der Waals surface area contributed by atoms with Crippen LogP contribution in [0.25, 0.3) is 16.6 Å². The lowest BCUT2D eigenvalue weighted by molar-refractivity contribution is -0.0583. The molecule has 10 heteroatoms. The Labute approximate surface area is 151 Å². The third kappa shape index (κ3) is 2.70. The fourth-order valence-electron chi connectivity index (χ4n) is 2.93. The van der Waals surface area contributed by atoms with E-state index >= 15 is 0 Å². The Bertz CT molecular complexity index is 1000. The van der Waals surface area contributed by atoms with Crippen molar-refractivity contribution in [2.24, 2.45) is 0 Å². The summed E-state index contributed by atoms with van der Waals surface area (Å²) in [5.74, 6) is 0. The van der Waals surface area contributed by atoms with Crippen LogP contribution in [0.4, 0.5) is 0 Å². The molecule has 0 amide bonds. The van der Waals surface area contributed by atoms with Crippen molar-refractivity contribution in [1.82, 2.24) is 19.6 Å². The zero-order chi connectivity index (χ0) is 18.4. The van der Waals surface area contributed by atoms with Crippen LogP contribution in [0, 0.1) is 0 Å². The van der Waals surface area contributed by atoms with Crippen molar-refractivity contribution in [3.8, 4) is 5.69 Å². The molecule has 26 heavy (non-hydrogen) atoms. The molecule has 0 aliphatic carbocycles. The van der Waals surface area contributed by atoms with E-state index in [2.05, 4.69) is 10.2 Å². The maximum absolute atomic E-state index is 12.7. The van der Waals surface area contributed by atoms with E-state index in [4.69, 9.17) is 16.3 Å². The van der Waals surface area contributed by atoms with Gasteiger partial charge in [-0.2, -0.15) is 14.9 Å². The van der Waals surface area contributed by atoms with Crippen LogP contribution in [0.2, 0.25) is 5.02 Å². The molecule has 0 radical (unpaired) electrons. The molecular weight excluding hydrogens is 364 g/mol. The first-order valence-corrected chi connectivity index (χ1v) is 8.23. The first kappa shape index (κ1) is 17.1. The maximum atomic E-state index is 12.7. The average Bonchev–Trinajstić information content (AvgIpc) is 3.19. The molecule has 3 N–H and O–H groups in total. The Morgan fingerprint density at radius 1 is 1.19 bits per heavy atom. The SMILES string of the molecule is O=c1c2nn([C@@H]3O[C@H](CO)[C@@H](O)[C@H]3O)cc2cnn1-c1ccc(Cl)cc1. The van der Waals surface area contributed by atoms with Crippen molar-refractivity contribution in [3.05, 3.63) is 52.0 Å². The van der Waals surface area contributed by atoms with Crippen molar-refractivity contribution >= 4 is 22.5 Å². The van der Waals surface area contributed by atoms with Gasteiger partial charge in [-0.25, -0.2) is 4.68 Å². The van der Waals surface area contributed by atoms with E-state index in [1.165, 1.54) is 21.8 Å². The summed E-state index contributed by atoms with van der Waals surface area (Å²) in [7, 11) is 0. The van der Waals surface area contributed by atoms with Gasteiger partial charge in [-0.3, -0.25) is 4.79 Å². The third-order valence-electron chi connectivity index (χ3n) is 4.32. The highest BCUT2D eigenvalue weighted by Gasteiger charge is 2.43.